The Balaban J connectivity index is 5.17. The zero-order valence-corrected chi connectivity index (χ0v) is 18.6. The van der Waals surface area contributed by atoms with Crippen LogP contribution in [0.2, 0.25) is 0 Å². The van der Waals surface area contributed by atoms with E-state index in [1.807, 2.05) is 0 Å². The highest BCUT2D eigenvalue weighted by Crippen LogP contribution is 2.38. The van der Waals surface area contributed by atoms with Crippen molar-refractivity contribution in [1.29, 1.82) is 0 Å². The van der Waals surface area contributed by atoms with E-state index < -0.39 is 5.97 Å². The van der Waals surface area contributed by atoms with Crippen LogP contribution >= 0.6 is 0 Å². The second kappa shape index (κ2) is 13.1. The normalized spacial score (nSPS) is 14.3. The van der Waals surface area contributed by atoms with Crippen molar-refractivity contribution in [2.24, 2.45) is 11.8 Å². The molecule has 0 aliphatic heterocycles. The fraction of sp³-hybridized carbons (Fsp3) is 1.00. The molecule has 3 nitrogen and oxygen atoms in total. The molecule has 0 N–H and O–H groups in total. The Morgan fingerprint density at radius 3 is 1.36 bits per heavy atom. The smallest absolute Gasteiger partial charge is 0.286 e. The van der Waals surface area contributed by atoms with Crippen molar-refractivity contribution in [2.75, 3.05) is 0 Å². The van der Waals surface area contributed by atoms with Crippen LogP contribution in [0.4, 0.5) is 0 Å². The summed E-state index contributed by atoms with van der Waals surface area (Å²) >= 11 is 0. The second-order valence-electron chi connectivity index (χ2n) is 8.51. The Hall–Kier alpha value is -0.120. The van der Waals surface area contributed by atoms with E-state index in [2.05, 4.69) is 62.3 Å². The van der Waals surface area contributed by atoms with Gasteiger partial charge in [-0.15, -0.1) is 0 Å². The minimum absolute atomic E-state index is 0.0586. The van der Waals surface area contributed by atoms with Gasteiger partial charge in [0, 0.05) is 5.92 Å². The van der Waals surface area contributed by atoms with Crippen molar-refractivity contribution >= 4 is 0 Å². The molecule has 0 aromatic carbocycles. The third-order valence-electron chi connectivity index (χ3n) is 4.33. The number of ether oxygens (including phenoxy) is 3. The molecule has 0 saturated carbocycles. The Labute approximate surface area is 158 Å². The molecule has 0 heterocycles. The largest absolute Gasteiger partial charge is 0.324 e. The standard InChI is InChI=1S/C22H46O3/c1-10-11-12-13-14-15-16-21(17(2)3)22(23-18(4)5,24-19(6)7)25-20(8)9/h17-21H,10-16H2,1-9H3. The van der Waals surface area contributed by atoms with Gasteiger partial charge in [0.15, 0.2) is 0 Å². The van der Waals surface area contributed by atoms with E-state index in [1.54, 1.807) is 0 Å². The fourth-order valence-corrected chi connectivity index (χ4v) is 3.39. The van der Waals surface area contributed by atoms with Crippen molar-refractivity contribution in [2.45, 2.75) is 132 Å². The van der Waals surface area contributed by atoms with Crippen LogP contribution in [0.15, 0.2) is 0 Å². The molecular weight excluding hydrogens is 312 g/mol. The number of rotatable bonds is 15. The Kier molecular flexibility index (Phi) is 13.0. The molecule has 3 heteroatoms. The van der Waals surface area contributed by atoms with Crippen LogP contribution < -0.4 is 0 Å². The third-order valence-corrected chi connectivity index (χ3v) is 4.33. The first-order valence-corrected chi connectivity index (χ1v) is 10.7. The number of hydrogen-bond acceptors (Lipinski definition) is 3. The topological polar surface area (TPSA) is 27.7 Å². The van der Waals surface area contributed by atoms with E-state index in [1.165, 1.54) is 38.5 Å². The SMILES string of the molecule is CCCCCCCCC(C(C)C)C(OC(C)C)(OC(C)C)OC(C)C. The van der Waals surface area contributed by atoms with E-state index in [9.17, 15) is 0 Å². The first-order chi connectivity index (χ1) is 11.6. The molecule has 1 atom stereocenters. The highest BCUT2D eigenvalue weighted by Gasteiger charge is 2.46. The summed E-state index contributed by atoms with van der Waals surface area (Å²) in [7, 11) is 0. The van der Waals surface area contributed by atoms with Crippen molar-refractivity contribution < 1.29 is 14.2 Å². The summed E-state index contributed by atoms with van der Waals surface area (Å²) in [5.41, 5.74) is 0. The molecular formula is C22H46O3. The Morgan fingerprint density at radius 2 is 1.00 bits per heavy atom. The lowest BCUT2D eigenvalue weighted by molar-refractivity contribution is -0.436. The van der Waals surface area contributed by atoms with E-state index in [-0.39, 0.29) is 24.2 Å². The lowest BCUT2D eigenvalue weighted by Crippen LogP contribution is -2.52. The average Bonchev–Trinajstić information content (AvgIpc) is 2.43. The van der Waals surface area contributed by atoms with E-state index >= 15 is 0 Å². The van der Waals surface area contributed by atoms with Gasteiger partial charge >= 0.3 is 0 Å². The summed E-state index contributed by atoms with van der Waals surface area (Å²) in [4.78, 5) is 0. The predicted octanol–water partition coefficient (Wildman–Crippen LogP) is 6.94. The van der Waals surface area contributed by atoms with E-state index in [4.69, 9.17) is 14.2 Å². The molecule has 0 amide bonds. The first kappa shape index (κ1) is 24.9. The van der Waals surface area contributed by atoms with Crippen LogP contribution in [0.1, 0.15) is 107 Å². The summed E-state index contributed by atoms with van der Waals surface area (Å²) in [6.07, 6.45) is 9.06. The summed E-state index contributed by atoms with van der Waals surface area (Å²) in [5.74, 6) is -0.286. The second-order valence-corrected chi connectivity index (χ2v) is 8.51. The van der Waals surface area contributed by atoms with E-state index in [0.717, 1.165) is 6.42 Å². The van der Waals surface area contributed by atoms with Crippen LogP contribution in [0.5, 0.6) is 0 Å². The molecule has 0 saturated heterocycles. The van der Waals surface area contributed by atoms with Crippen LogP contribution in [0.3, 0.4) is 0 Å². The van der Waals surface area contributed by atoms with Crippen LogP contribution in [-0.2, 0) is 14.2 Å². The van der Waals surface area contributed by atoms with Crippen molar-refractivity contribution in [3.8, 4) is 0 Å². The van der Waals surface area contributed by atoms with Gasteiger partial charge in [0.25, 0.3) is 5.97 Å². The maximum Gasteiger partial charge on any atom is 0.286 e. The number of unbranched alkanes of at least 4 members (excludes halogenated alkanes) is 5. The summed E-state index contributed by atoms with van der Waals surface area (Å²) in [6.45, 7) is 19.1. The fourth-order valence-electron chi connectivity index (χ4n) is 3.39. The highest BCUT2D eigenvalue weighted by atomic mass is 16.9. The molecule has 0 spiro atoms. The van der Waals surface area contributed by atoms with Gasteiger partial charge in [0.2, 0.25) is 0 Å². The molecule has 0 aliphatic rings. The van der Waals surface area contributed by atoms with Crippen molar-refractivity contribution in [3.05, 3.63) is 0 Å². The van der Waals surface area contributed by atoms with Crippen molar-refractivity contribution in [1.82, 2.24) is 0 Å². The lowest BCUT2D eigenvalue weighted by Gasteiger charge is -2.44. The Bertz CT molecular complexity index is 284. The minimum atomic E-state index is -0.950. The molecule has 0 aromatic heterocycles. The Morgan fingerprint density at radius 1 is 0.600 bits per heavy atom. The maximum atomic E-state index is 6.33. The molecule has 0 aliphatic carbocycles. The van der Waals surface area contributed by atoms with Gasteiger partial charge in [-0.2, -0.15) is 0 Å². The summed E-state index contributed by atoms with van der Waals surface area (Å²) in [5, 5.41) is 0. The predicted molar refractivity (Wildman–Crippen MR) is 108 cm³/mol. The van der Waals surface area contributed by atoms with Gasteiger partial charge < -0.3 is 14.2 Å². The maximum absolute atomic E-state index is 6.33. The number of hydrogen-bond donors (Lipinski definition) is 0. The highest BCUT2D eigenvalue weighted by molar-refractivity contribution is 4.78. The minimum Gasteiger partial charge on any atom is -0.324 e. The molecule has 152 valence electrons. The van der Waals surface area contributed by atoms with Crippen molar-refractivity contribution in [3.63, 3.8) is 0 Å². The van der Waals surface area contributed by atoms with Crippen LogP contribution in [-0.4, -0.2) is 24.3 Å². The van der Waals surface area contributed by atoms with Gasteiger partial charge in [-0.3, -0.25) is 0 Å². The quantitative estimate of drug-likeness (QED) is 0.234. The van der Waals surface area contributed by atoms with Gasteiger partial charge in [0.05, 0.1) is 18.3 Å². The molecule has 0 radical (unpaired) electrons. The third kappa shape index (κ3) is 10.6. The van der Waals surface area contributed by atoms with E-state index in [0.29, 0.717) is 5.92 Å². The molecule has 1 unspecified atom stereocenters. The zero-order valence-electron chi connectivity index (χ0n) is 18.6. The zero-order chi connectivity index (χ0) is 19.5. The van der Waals surface area contributed by atoms with Crippen LogP contribution in [0.25, 0.3) is 0 Å². The van der Waals surface area contributed by atoms with Gasteiger partial charge in [-0.05, 0) is 53.9 Å². The van der Waals surface area contributed by atoms with Gasteiger partial charge in [0.1, 0.15) is 0 Å². The summed E-state index contributed by atoms with van der Waals surface area (Å²) < 4.78 is 19.0. The monoisotopic (exact) mass is 358 g/mol. The molecule has 25 heavy (non-hydrogen) atoms. The first-order valence-electron chi connectivity index (χ1n) is 10.7. The lowest BCUT2D eigenvalue weighted by atomic mass is 9.87. The van der Waals surface area contributed by atoms with Gasteiger partial charge in [-0.25, -0.2) is 0 Å². The van der Waals surface area contributed by atoms with Gasteiger partial charge in [-0.1, -0.05) is 59.3 Å². The average molecular weight is 359 g/mol. The summed E-state index contributed by atoms with van der Waals surface area (Å²) in [6, 6.07) is 0. The molecule has 0 aromatic rings. The molecule has 0 fully saturated rings. The molecule has 0 rings (SSSR count). The molecule has 0 bridgehead atoms. The van der Waals surface area contributed by atoms with Crippen LogP contribution in [0, 0.1) is 11.8 Å².